The van der Waals surface area contributed by atoms with E-state index in [1.54, 1.807) is 6.20 Å². The van der Waals surface area contributed by atoms with Crippen LogP contribution in [0.15, 0.2) is 12.3 Å². The summed E-state index contributed by atoms with van der Waals surface area (Å²) in [7, 11) is 0. The zero-order valence-electron chi connectivity index (χ0n) is 4.86. The van der Waals surface area contributed by atoms with Gasteiger partial charge in [-0.15, -0.1) is 0 Å². The molecule has 0 unspecified atom stereocenters. The van der Waals surface area contributed by atoms with Crippen LogP contribution in [0.4, 0.5) is 0 Å². The van der Waals surface area contributed by atoms with Crippen LogP contribution < -0.4 is 0 Å². The first-order valence-corrected chi connectivity index (χ1v) is 3.94. The van der Waals surface area contributed by atoms with Crippen molar-refractivity contribution >= 4 is 34.2 Å². The zero-order chi connectivity index (χ0) is 6.85. The molecule has 0 spiro atoms. The Labute approximate surface area is 72.6 Å². The molecule has 1 rings (SSSR count). The number of hydrogen-bond acceptors (Lipinski definition) is 1. The Bertz CT molecular complexity index is 204. The summed E-state index contributed by atoms with van der Waals surface area (Å²) < 4.78 is 0.870. The van der Waals surface area contributed by atoms with Gasteiger partial charge >= 0.3 is 0 Å². The minimum atomic E-state index is 0.762. The molecule has 48 valence electrons. The second-order valence-corrected chi connectivity index (χ2v) is 3.13. The Hall–Kier alpha value is 0.170. The van der Waals surface area contributed by atoms with E-state index < -0.39 is 0 Å². The number of halogens is 2. The molecule has 0 aliphatic carbocycles. The summed E-state index contributed by atoms with van der Waals surface area (Å²) in [6.45, 7) is 1.96. The van der Waals surface area contributed by atoms with Gasteiger partial charge < -0.3 is 0 Å². The van der Waals surface area contributed by atoms with Gasteiger partial charge in [0.05, 0.1) is 5.02 Å². The number of pyridine rings is 1. The molecule has 0 bridgehead atoms. The highest BCUT2D eigenvalue weighted by Crippen LogP contribution is 2.18. The fourth-order valence-corrected chi connectivity index (χ4v) is 1.21. The standard InChI is InChI=1S/C6H5ClIN/c1-4-2-3-9-6(8)5(4)7/h2-3H,1H3. The molecule has 0 atom stereocenters. The van der Waals surface area contributed by atoms with Crippen LogP contribution in [0.1, 0.15) is 5.56 Å². The quantitative estimate of drug-likeness (QED) is 0.512. The van der Waals surface area contributed by atoms with E-state index in [1.807, 2.05) is 13.0 Å². The lowest BCUT2D eigenvalue weighted by atomic mass is 10.3. The monoisotopic (exact) mass is 253 g/mol. The molecular weight excluding hydrogens is 248 g/mol. The Balaban J connectivity index is 3.25. The smallest absolute Gasteiger partial charge is 0.120 e. The lowest BCUT2D eigenvalue weighted by Crippen LogP contribution is -1.82. The molecule has 3 heteroatoms. The van der Waals surface area contributed by atoms with E-state index in [0.29, 0.717) is 0 Å². The van der Waals surface area contributed by atoms with Crippen LogP contribution in [0, 0.1) is 10.6 Å². The lowest BCUT2D eigenvalue weighted by Gasteiger charge is -1.95. The van der Waals surface area contributed by atoms with Gasteiger partial charge in [-0.1, -0.05) is 11.6 Å². The summed E-state index contributed by atoms with van der Waals surface area (Å²) in [6, 6.07) is 1.89. The zero-order valence-corrected chi connectivity index (χ0v) is 7.77. The van der Waals surface area contributed by atoms with Crippen LogP contribution in [0.25, 0.3) is 0 Å². The van der Waals surface area contributed by atoms with E-state index in [4.69, 9.17) is 11.6 Å². The van der Waals surface area contributed by atoms with Gasteiger partial charge in [0.15, 0.2) is 0 Å². The first-order valence-electron chi connectivity index (χ1n) is 2.48. The number of rotatable bonds is 0. The topological polar surface area (TPSA) is 12.9 Å². The normalized spacial score (nSPS) is 9.67. The van der Waals surface area contributed by atoms with Crippen LogP contribution in [-0.4, -0.2) is 4.98 Å². The van der Waals surface area contributed by atoms with Crippen molar-refractivity contribution in [1.29, 1.82) is 0 Å². The molecule has 0 fully saturated rings. The van der Waals surface area contributed by atoms with Gasteiger partial charge in [0.25, 0.3) is 0 Å². The van der Waals surface area contributed by atoms with Crippen molar-refractivity contribution in [3.05, 3.63) is 26.5 Å². The third-order valence-electron chi connectivity index (χ3n) is 1.04. The Morgan fingerprint density at radius 3 is 2.78 bits per heavy atom. The molecular formula is C6H5ClIN. The Kier molecular flexibility index (Phi) is 2.29. The minimum absolute atomic E-state index is 0.762. The van der Waals surface area contributed by atoms with Crippen molar-refractivity contribution in [3.63, 3.8) is 0 Å². The van der Waals surface area contributed by atoms with Crippen molar-refractivity contribution in [2.24, 2.45) is 0 Å². The Morgan fingerprint density at radius 1 is 1.67 bits per heavy atom. The molecule has 0 saturated heterocycles. The predicted octanol–water partition coefficient (Wildman–Crippen LogP) is 2.65. The highest BCUT2D eigenvalue weighted by atomic mass is 127. The summed E-state index contributed by atoms with van der Waals surface area (Å²) in [6.07, 6.45) is 1.75. The first-order chi connectivity index (χ1) is 4.22. The van der Waals surface area contributed by atoms with Crippen molar-refractivity contribution in [1.82, 2.24) is 4.98 Å². The molecule has 0 amide bonds. The molecule has 0 aromatic carbocycles. The van der Waals surface area contributed by atoms with Gasteiger partial charge in [0.1, 0.15) is 3.70 Å². The minimum Gasteiger partial charge on any atom is -0.249 e. The number of hydrogen-bond donors (Lipinski definition) is 0. The van der Waals surface area contributed by atoms with Gasteiger partial charge in [0.2, 0.25) is 0 Å². The predicted molar refractivity (Wildman–Crippen MR) is 46.7 cm³/mol. The molecule has 0 saturated carbocycles. The van der Waals surface area contributed by atoms with Gasteiger partial charge in [-0.05, 0) is 41.1 Å². The van der Waals surface area contributed by atoms with Gasteiger partial charge in [-0.25, -0.2) is 4.98 Å². The SMILES string of the molecule is Cc1ccnc(I)c1Cl. The fraction of sp³-hybridized carbons (Fsp3) is 0.167. The molecule has 0 aliphatic rings. The summed E-state index contributed by atoms with van der Waals surface area (Å²) in [5.41, 5.74) is 1.08. The summed E-state index contributed by atoms with van der Waals surface area (Å²) in [4.78, 5) is 3.99. The van der Waals surface area contributed by atoms with E-state index in [1.165, 1.54) is 0 Å². The van der Waals surface area contributed by atoms with Gasteiger partial charge in [0, 0.05) is 6.20 Å². The Morgan fingerprint density at radius 2 is 2.33 bits per heavy atom. The largest absolute Gasteiger partial charge is 0.249 e. The van der Waals surface area contributed by atoms with Crippen molar-refractivity contribution < 1.29 is 0 Å². The highest BCUT2D eigenvalue weighted by molar-refractivity contribution is 14.1. The van der Waals surface area contributed by atoms with Crippen LogP contribution in [-0.2, 0) is 0 Å². The molecule has 1 aromatic heterocycles. The third kappa shape index (κ3) is 1.55. The van der Waals surface area contributed by atoms with E-state index in [2.05, 4.69) is 27.6 Å². The summed E-state index contributed by atoms with van der Waals surface area (Å²) >= 11 is 7.91. The van der Waals surface area contributed by atoms with Crippen LogP contribution in [0.5, 0.6) is 0 Å². The molecule has 0 aliphatic heterocycles. The lowest BCUT2D eigenvalue weighted by molar-refractivity contribution is 1.24. The molecule has 0 N–H and O–H groups in total. The average Bonchev–Trinajstić information content (AvgIpc) is 1.83. The number of aryl methyl sites for hydroxylation is 1. The fourth-order valence-electron chi connectivity index (χ4n) is 0.507. The average molecular weight is 253 g/mol. The van der Waals surface area contributed by atoms with E-state index in [-0.39, 0.29) is 0 Å². The summed E-state index contributed by atoms with van der Waals surface area (Å²) in [5.74, 6) is 0. The maximum atomic E-state index is 5.81. The van der Waals surface area contributed by atoms with Crippen LogP contribution in [0.2, 0.25) is 5.02 Å². The van der Waals surface area contributed by atoms with Crippen LogP contribution in [0.3, 0.4) is 0 Å². The van der Waals surface area contributed by atoms with E-state index in [9.17, 15) is 0 Å². The molecule has 1 aromatic rings. The number of nitrogens with zero attached hydrogens (tertiary/aromatic N) is 1. The molecule has 1 nitrogen and oxygen atoms in total. The second kappa shape index (κ2) is 2.84. The van der Waals surface area contributed by atoms with Crippen LogP contribution >= 0.6 is 34.2 Å². The maximum absolute atomic E-state index is 5.81. The third-order valence-corrected chi connectivity index (χ3v) is 2.65. The van der Waals surface area contributed by atoms with Gasteiger partial charge in [-0.2, -0.15) is 0 Å². The molecule has 9 heavy (non-hydrogen) atoms. The maximum Gasteiger partial charge on any atom is 0.120 e. The first kappa shape index (κ1) is 7.28. The van der Waals surface area contributed by atoms with Crippen molar-refractivity contribution in [2.45, 2.75) is 6.92 Å². The molecule has 0 radical (unpaired) electrons. The second-order valence-electron chi connectivity index (χ2n) is 1.73. The number of aromatic nitrogens is 1. The van der Waals surface area contributed by atoms with Gasteiger partial charge in [-0.3, -0.25) is 0 Å². The van der Waals surface area contributed by atoms with E-state index >= 15 is 0 Å². The summed E-state index contributed by atoms with van der Waals surface area (Å²) in [5, 5.41) is 0.762. The van der Waals surface area contributed by atoms with Crippen molar-refractivity contribution in [3.8, 4) is 0 Å². The molecule has 1 heterocycles. The highest BCUT2D eigenvalue weighted by Gasteiger charge is 1.97. The van der Waals surface area contributed by atoms with Crippen molar-refractivity contribution in [2.75, 3.05) is 0 Å². The van der Waals surface area contributed by atoms with E-state index in [0.717, 1.165) is 14.3 Å².